The van der Waals surface area contributed by atoms with Gasteiger partial charge < -0.3 is 14.5 Å². The summed E-state index contributed by atoms with van der Waals surface area (Å²) in [7, 11) is 0. The largest absolute Gasteiger partial charge is 0.368 e. The number of carbonyl (C=O) groups is 1. The SMILES string of the molecule is CCN(CC)C[C@@H]1CN(C(=O)COC2CCCC2)Cc2ccnn21. The van der Waals surface area contributed by atoms with Gasteiger partial charge in [-0.2, -0.15) is 5.10 Å². The Morgan fingerprint density at radius 3 is 2.79 bits per heavy atom. The summed E-state index contributed by atoms with van der Waals surface area (Å²) in [5, 5.41) is 4.48. The van der Waals surface area contributed by atoms with Crippen LogP contribution >= 0.6 is 0 Å². The van der Waals surface area contributed by atoms with Crippen molar-refractivity contribution in [2.24, 2.45) is 0 Å². The van der Waals surface area contributed by atoms with Crippen molar-refractivity contribution in [3.8, 4) is 0 Å². The molecule has 1 aliphatic carbocycles. The molecule has 134 valence electrons. The summed E-state index contributed by atoms with van der Waals surface area (Å²) in [4.78, 5) is 16.9. The molecule has 1 fully saturated rings. The molecule has 0 radical (unpaired) electrons. The lowest BCUT2D eigenvalue weighted by Crippen LogP contribution is -2.46. The second-order valence-electron chi connectivity index (χ2n) is 6.90. The summed E-state index contributed by atoms with van der Waals surface area (Å²) in [6, 6.07) is 2.24. The van der Waals surface area contributed by atoms with Crippen molar-refractivity contribution >= 4 is 5.91 Å². The van der Waals surface area contributed by atoms with Gasteiger partial charge in [0.25, 0.3) is 0 Å². The van der Waals surface area contributed by atoms with E-state index in [1.807, 2.05) is 17.2 Å². The average molecular weight is 334 g/mol. The predicted octanol–water partition coefficient (Wildman–Crippen LogP) is 2.07. The molecule has 24 heavy (non-hydrogen) atoms. The first-order valence-electron chi connectivity index (χ1n) is 9.35. The topological polar surface area (TPSA) is 50.6 Å². The summed E-state index contributed by atoms with van der Waals surface area (Å²) < 4.78 is 7.92. The third-order valence-corrected chi connectivity index (χ3v) is 5.34. The molecule has 1 aliphatic heterocycles. The van der Waals surface area contributed by atoms with Gasteiger partial charge in [0, 0.05) is 19.3 Å². The van der Waals surface area contributed by atoms with Gasteiger partial charge in [-0.05, 0) is 32.0 Å². The van der Waals surface area contributed by atoms with E-state index < -0.39 is 0 Å². The lowest BCUT2D eigenvalue weighted by molar-refractivity contribution is -0.140. The molecule has 1 aromatic rings. The van der Waals surface area contributed by atoms with E-state index in [4.69, 9.17) is 4.74 Å². The van der Waals surface area contributed by atoms with Crippen molar-refractivity contribution < 1.29 is 9.53 Å². The number of fused-ring (bicyclic) bond motifs is 1. The zero-order valence-corrected chi connectivity index (χ0v) is 15.0. The van der Waals surface area contributed by atoms with E-state index in [2.05, 4.69) is 28.5 Å². The van der Waals surface area contributed by atoms with Gasteiger partial charge >= 0.3 is 0 Å². The molecule has 1 aromatic heterocycles. The smallest absolute Gasteiger partial charge is 0.249 e. The molecule has 6 heteroatoms. The van der Waals surface area contributed by atoms with Crippen LogP contribution in [0.4, 0.5) is 0 Å². The number of amides is 1. The van der Waals surface area contributed by atoms with Crippen molar-refractivity contribution in [1.29, 1.82) is 0 Å². The number of hydrogen-bond acceptors (Lipinski definition) is 4. The zero-order chi connectivity index (χ0) is 16.9. The first-order valence-corrected chi connectivity index (χ1v) is 9.35. The van der Waals surface area contributed by atoms with Gasteiger partial charge in [0.2, 0.25) is 5.91 Å². The van der Waals surface area contributed by atoms with Gasteiger partial charge in [-0.15, -0.1) is 0 Å². The van der Waals surface area contributed by atoms with Crippen LogP contribution in [0.1, 0.15) is 51.3 Å². The molecule has 6 nitrogen and oxygen atoms in total. The number of rotatable bonds is 7. The Bertz CT molecular complexity index is 535. The van der Waals surface area contributed by atoms with Crippen molar-refractivity contribution in [1.82, 2.24) is 19.6 Å². The Kier molecular flexibility index (Phi) is 5.89. The number of likely N-dealkylation sites (N-methyl/N-ethyl adjacent to an activating group) is 1. The molecule has 0 aromatic carbocycles. The van der Waals surface area contributed by atoms with Gasteiger partial charge in [-0.3, -0.25) is 9.48 Å². The predicted molar refractivity (Wildman–Crippen MR) is 92.7 cm³/mol. The molecule has 1 atom stereocenters. The number of nitrogens with zero attached hydrogens (tertiary/aromatic N) is 4. The molecule has 1 saturated carbocycles. The Morgan fingerprint density at radius 2 is 2.08 bits per heavy atom. The fourth-order valence-electron chi connectivity index (χ4n) is 3.83. The Balaban J connectivity index is 1.61. The summed E-state index contributed by atoms with van der Waals surface area (Å²) in [6.45, 7) is 8.89. The maximum atomic E-state index is 12.6. The van der Waals surface area contributed by atoms with E-state index in [1.54, 1.807) is 0 Å². The van der Waals surface area contributed by atoms with Crippen molar-refractivity contribution in [2.75, 3.05) is 32.8 Å². The van der Waals surface area contributed by atoms with Gasteiger partial charge in [0.1, 0.15) is 6.61 Å². The molecule has 0 N–H and O–H groups in total. The highest BCUT2D eigenvalue weighted by atomic mass is 16.5. The van der Waals surface area contributed by atoms with Gasteiger partial charge in [-0.25, -0.2) is 0 Å². The molecule has 1 amide bonds. The maximum absolute atomic E-state index is 12.6. The van der Waals surface area contributed by atoms with Gasteiger partial charge in [0.05, 0.1) is 24.4 Å². The highest BCUT2D eigenvalue weighted by molar-refractivity contribution is 5.77. The summed E-state index contributed by atoms with van der Waals surface area (Å²) in [5.41, 5.74) is 1.12. The maximum Gasteiger partial charge on any atom is 0.249 e. The normalized spacial score (nSPS) is 21.5. The molecular formula is C18H30N4O2. The summed E-state index contributed by atoms with van der Waals surface area (Å²) >= 11 is 0. The second-order valence-corrected chi connectivity index (χ2v) is 6.90. The van der Waals surface area contributed by atoms with Crippen molar-refractivity contribution in [3.05, 3.63) is 18.0 Å². The van der Waals surface area contributed by atoms with Crippen LogP contribution in [-0.4, -0.2) is 64.4 Å². The fourth-order valence-corrected chi connectivity index (χ4v) is 3.83. The highest BCUT2D eigenvalue weighted by Crippen LogP contribution is 2.23. The lowest BCUT2D eigenvalue weighted by Gasteiger charge is -2.36. The molecule has 0 spiro atoms. The average Bonchev–Trinajstić information content (AvgIpc) is 3.28. The van der Waals surface area contributed by atoms with Crippen LogP contribution in [0.2, 0.25) is 0 Å². The van der Waals surface area contributed by atoms with Crippen LogP contribution < -0.4 is 0 Å². The molecule has 0 bridgehead atoms. The molecule has 0 unspecified atom stereocenters. The number of aromatic nitrogens is 2. The number of carbonyl (C=O) groups excluding carboxylic acids is 1. The Morgan fingerprint density at radius 1 is 1.33 bits per heavy atom. The van der Waals surface area contributed by atoms with Crippen LogP contribution in [0, 0.1) is 0 Å². The summed E-state index contributed by atoms with van der Waals surface area (Å²) in [6.07, 6.45) is 6.79. The molecule has 2 heterocycles. The van der Waals surface area contributed by atoms with E-state index in [-0.39, 0.29) is 24.7 Å². The molecule has 0 saturated heterocycles. The third-order valence-electron chi connectivity index (χ3n) is 5.34. The number of hydrogen-bond donors (Lipinski definition) is 0. The Labute approximate surface area is 144 Å². The van der Waals surface area contributed by atoms with E-state index in [9.17, 15) is 4.79 Å². The second kappa shape index (κ2) is 8.12. The van der Waals surface area contributed by atoms with Crippen LogP contribution in [-0.2, 0) is 16.1 Å². The molecular weight excluding hydrogens is 304 g/mol. The summed E-state index contributed by atoms with van der Waals surface area (Å²) in [5.74, 6) is 0.110. The van der Waals surface area contributed by atoms with Crippen LogP contribution in [0.15, 0.2) is 12.3 Å². The standard InChI is InChI=1S/C18H30N4O2/c1-3-20(4-2)11-16-13-21(12-15-9-10-19-22(15)16)18(23)14-24-17-7-5-6-8-17/h9-10,16-17H,3-8,11-14H2,1-2H3/t16-/m1/s1. The fraction of sp³-hybridized carbons (Fsp3) is 0.778. The van der Waals surface area contributed by atoms with E-state index in [0.717, 1.165) is 44.7 Å². The van der Waals surface area contributed by atoms with E-state index in [0.29, 0.717) is 6.54 Å². The third kappa shape index (κ3) is 3.98. The molecule has 3 rings (SSSR count). The van der Waals surface area contributed by atoms with Crippen LogP contribution in [0.25, 0.3) is 0 Å². The van der Waals surface area contributed by atoms with Gasteiger partial charge in [-0.1, -0.05) is 26.7 Å². The molecule has 2 aliphatic rings. The first-order chi connectivity index (χ1) is 11.7. The highest BCUT2D eigenvalue weighted by Gasteiger charge is 2.30. The quantitative estimate of drug-likeness (QED) is 0.766. The number of ether oxygens (including phenoxy) is 1. The minimum Gasteiger partial charge on any atom is -0.368 e. The zero-order valence-electron chi connectivity index (χ0n) is 15.0. The lowest BCUT2D eigenvalue weighted by atomic mass is 10.1. The van der Waals surface area contributed by atoms with Crippen molar-refractivity contribution in [3.63, 3.8) is 0 Å². The van der Waals surface area contributed by atoms with Crippen molar-refractivity contribution in [2.45, 2.75) is 58.2 Å². The minimum absolute atomic E-state index is 0.110. The van der Waals surface area contributed by atoms with E-state index >= 15 is 0 Å². The Hall–Kier alpha value is -1.40. The van der Waals surface area contributed by atoms with Gasteiger partial charge in [0.15, 0.2) is 0 Å². The first kappa shape index (κ1) is 17.4. The monoisotopic (exact) mass is 334 g/mol. The van der Waals surface area contributed by atoms with E-state index in [1.165, 1.54) is 12.8 Å². The minimum atomic E-state index is 0.110. The van der Waals surface area contributed by atoms with Crippen LogP contribution in [0.5, 0.6) is 0 Å². The van der Waals surface area contributed by atoms with Crippen LogP contribution in [0.3, 0.4) is 0 Å².